The molecular formula is C12H14N2O6. The minimum absolute atomic E-state index is 0.125. The molecule has 5 N–H and O–H groups in total. The second-order valence-electron chi connectivity index (χ2n) is 3.93. The molecule has 8 heteroatoms. The van der Waals surface area contributed by atoms with E-state index in [2.05, 4.69) is 5.32 Å². The molecule has 0 saturated carbocycles. The van der Waals surface area contributed by atoms with E-state index in [1.165, 1.54) is 24.3 Å². The number of carbonyl (C=O) groups is 3. The van der Waals surface area contributed by atoms with Crippen molar-refractivity contribution in [2.75, 3.05) is 6.54 Å². The minimum atomic E-state index is -1.23. The van der Waals surface area contributed by atoms with Gasteiger partial charge >= 0.3 is 18.0 Å². The molecule has 0 heterocycles. The van der Waals surface area contributed by atoms with E-state index in [9.17, 15) is 14.4 Å². The molecule has 0 aliphatic heterocycles. The fourth-order valence-electron chi connectivity index (χ4n) is 1.27. The fourth-order valence-corrected chi connectivity index (χ4v) is 1.27. The van der Waals surface area contributed by atoms with Crippen LogP contribution < -0.4 is 15.8 Å². The average Bonchev–Trinajstić information content (AvgIpc) is 2.37. The number of carboxylic acids is 2. The van der Waals surface area contributed by atoms with Gasteiger partial charge < -0.3 is 26.0 Å². The molecule has 0 radical (unpaired) electrons. The molecule has 0 aromatic heterocycles. The molecule has 0 saturated heterocycles. The van der Waals surface area contributed by atoms with E-state index >= 15 is 0 Å². The smallest absolute Gasteiger partial charge is 0.412 e. The molecule has 1 atom stereocenters. The van der Waals surface area contributed by atoms with E-state index in [1.807, 2.05) is 0 Å². The second kappa shape index (κ2) is 7.10. The summed E-state index contributed by atoms with van der Waals surface area (Å²) in [5, 5.41) is 19.3. The summed E-state index contributed by atoms with van der Waals surface area (Å²) >= 11 is 0. The first-order valence-electron chi connectivity index (χ1n) is 5.63. The number of aliphatic carboxylic acids is 2. The van der Waals surface area contributed by atoms with E-state index in [-0.39, 0.29) is 18.7 Å². The third-order valence-electron chi connectivity index (χ3n) is 2.27. The molecule has 0 unspecified atom stereocenters. The number of nitrogens with two attached hydrogens (primary N) is 1. The maximum Gasteiger partial charge on any atom is 0.412 e. The van der Waals surface area contributed by atoms with E-state index in [0.29, 0.717) is 5.56 Å². The quantitative estimate of drug-likeness (QED) is 0.567. The Morgan fingerprint density at radius 3 is 2.30 bits per heavy atom. The molecule has 0 bridgehead atoms. The Morgan fingerprint density at radius 2 is 1.80 bits per heavy atom. The topological polar surface area (TPSA) is 139 Å². The molecule has 0 aliphatic rings. The fraction of sp³-hybridized carbons (Fsp3) is 0.250. The molecule has 8 nitrogen and oxygen atoms in total. The van der Waals surface area contributed by atoms with Crippen LogP contribution in [0.5, 0.6) is 5.75 Å². The van der Waals surface area contributed by atoms with Gasteiger partial charge in [0.25, 0.3) is 0 Å². The first-order valence-corrected chi connectivity index (χ1v) is 5.63. The Bertz CT molecular complexity index is 499. The molecule has 1 aromatic carbocycles. The monoisotopic (exact) mass is 282 g/mol. The lowest BCUT2D eigenvalue weighted by molar-refractivity contribution is -0.138. The number of hydrogen-bond donors (Lipinski definition) is 4. The van der Waals surface area contributed by atoms with Gasteiger partial charge in [-0.2, -0.15) is 0 Å². The first-order chi connectivity index (χ1) is 9.38. The molecule has 0 spiro atoms. The van der Waals surface area contributed by atoms with Gasteiger partial charge in [-0.1, -0.05) is 12.1 Å². The van der Waals surface area contributed by atoms with Gasteiger partial charge in [0.1, 0.15) is 11.8 Å². The molecular weight excluding hydrogens is 268 g/mol. The van der Waals surface area contributed by atoms with Crippen molar-refractivity contribution in [1.82, 2.24) is 5.32 Å². The van der Waals surface area contributed by atoms with Crippen LogP contribution in [0.1, 0.15) is 5.56 Å². The van der Waals surface area contributed by atoms with Crippen molar-refractivity contribution in [2.24, 2.45) is 5.73 Å². The van der Waals surface area contributed by atoms with Gasteiger partial charge in [-0.3, -0.25) is 9.59 Å². The highest BCUT2D eigenvalue weighted by Crippen LogP contribution is 2.12. The summed E-state index contributed by atoms with van der Waals surface area (Å²) in [7, 11) is 0. The standard InChI is InChI=1S/C12H14N2O6/c13-9(11(17)18)6-14-12(19)20-8-3-1-7(2-4-8)5-10(15)16/h1-4,9H,5-6,13H2,(H,14,19)(H,15,16)(H,17,18)/t9-/m0/s1. The second-order valence-corrected chi connectivity index (χ2v) is 3.93. The van der Waals surface area contributed by atoms with Crippen molar-refractivity contribution in [1.29, 1.82) is 0 Å². The largest absolute Gasteiger partial charge is 0.481 e. The van der Waals surface area contributed by atoms with Crippen molar-refractivity contribution in [3.05, 3.63) is 29.8 Å². The van der Waals surface area contributed by atoms with Gasteiger partial charge in [0.2, 0.25) is 0 Å². The third-order valence-corrected chi connectivity index (χ3v) is 2.27. The number of benzene rings is 1. The van der Waals surface area contributed by atoms with Gasteiger partial charge in [0.15, 0.2) is 0 Å². The molecule has 1 rings (SSSR count). The molecule has 0 aliphatic carbocycles. The van der Waals surface area contributed by atoms with Crippen LogP contribution in [0.4, 0.5) is 4.79 Å². The van der Waals surface area contributed by atoms with Crippen molar-refractivity contribution in [2.45, 2.75) is 12.5 Å². The molecule has 0 fully saturated rings. The van der Waals surface area contributed by atoms with Crippen molar-refractivity contribution in [3.63, 3.8) is 0 Å². The van der Waals surface area contributed by atoms with Crippen LogP contribution in [0, 0.1) is 0 Å². The maximum atomic E-state index is 11.3. The average molecular weight is 282 g/mol. The summed E-state index contributed by atoms with van der Waals surface area (Å²) in [6.07, 6.45) is -0.965. The summed E-state index contributed by atoms with van der Waals surface area (Å²) in [5.74, 6) is -1.98. The van der Waals surface area contributed by atoms with E-state index < -0.39 is 24.1 Å². The lowest BCUT2D eigenvalue weighted by atomic mass is 10.1. The molecule has 1 aromatic rings. The summed E-state index contributed by atoms with van der Waals surface area (Å²) in [6, 6.07) is 4.70. The molecule has 1 amide bonds. The zero-order chi connectivity index (χ0) is 15.1. The van der Waals surface area contributed by atoms with Crippen LogP contribution in [-0.4, -0.2) is 40.8 Å². The highest BCUT2D eigenvalue weighted by atomic mass is 16.6. The number of rotatable bonds is 6. The molecule has 108 valence electrons. The number of ether oxygens (including phenoxy) is 1. The predicted molar refractivity (Wildman–Crippen MR) is 67.4 cm³/mol. The lowest BCUT2D eigenvalue weighted by Gasteiger charge is -2.09. The highest BCUT2D eigenvalue weighted by Gasteiger charge is 2.13. The zero-order valence-corrected chi connectivity index (χ0v) is 10.4. The van der Waals surface area contributed by atoms with Gasteiger partial charge in [-0.15, -0.1) is 0 Å². The van der Waals surface area contributed by atoms with Gasteiger partial charge in [-0.25, -0.2) is 4.79 Å². The lowest BCUT2D eigenvalue weighted by Crippen LogP contribution is -2.43. The van der Waals surface area contributed by atoms with Gasteiger partial charge in [0, 0.05) is 6.54 Å². The Hall–Kier alpha value is -2.61. The summed E-state index contributed by atoms with van der Waals surface area (Å²) in [4.78, 5) is 32.2. The Balaban J connectivity index is 2.46. The van der Waals surface area contributed by atoms with Crippen molar-refractivity contribution in [3.8, 4) is 5.75 Å². The highest BCUT2D eigenvalue weighted by molar-refractivity contribution is 5.75. The van der Waals surface area contributed by atoms with Crippen LogP contribution in [0.2, 0.25) is 0 Å². The van der Waals surface area contributed by atoms with Crippen LogP contribution in [-0.2, 0) is 16.0 Å². The van der Waals surface area contributed by atoms with Crippen LogP contribution >= 0.6 is 0 Å². The molecule has 20 heavy (non-hydrogen) atoms. The van der Waals surface area contributed by atoms with E-state index in [4.69, 9.17) is 20.7 Å². The zero-order valence-electron chi connectivity index (χ0n) is 10.4. The Kier molecular flexibility index (Phi) is 5.48. The SMILES string of the molecule is N[C@@H](CNC(=O)Oc1ccc(CC(=O)O)cc1)C(=O)O. The van der Waals surface area contributed by atoms with Crippen LogP contribution in [0.25, 0.3) is 0 Å². The number of carbonyl (C=O) groups excluding carboxylic acids is 1. The Morgan fingerprint density at radius 1 is 1.20 bits per heavy atom. The minimum Gasteiger partial charge on any atom is -0.481 e. The summed E-state index contributed by atoms with van der Waals surface area (Å²) in [6.45, 7) is -0.259. The summed E-state index contributed by atoms with van der Waals surface area (Å²) in [5.41, 5.74) is 5.77. The van der Waals surface area contributed by atoms with E-state index in [0.717, 1.165) is 0 Å². The number of nitrogens with one attached hydrogen (secondary N) is 1. The maximum absolute atomic E-state index is 11.3. The number of amides is 1. The van der Waals surface area contributed by atoms with Gasteiger partial charge in [0.05, 0.1) is 6.42 Å². The van der Waals surface area contributed by atoms with Crippen molar-refractivity contribution >= 4 is 18.0 Å². The van der Waals surface area contributed by atoms with Crippen LogP contribution in [0.3, 0.4) is 0 Å². The number of carboxylic acid groups (broad SMARTS) is 2. The number of hydrogen-bond acceptors (Lipinski definition) is 5. The van der Waals surface area contributed by atoms with Crippen molar-refractivity contribution < 1.29 is 29.3 Å². The first kappa shape index (κ1) is 15.4. The van der Waals surface area contributed by atoms with Crippen LogP contribution in [0.15, 0.2) is 24.3 Å². The summed E-state index contributed by atoms with van der Waals surface area (Å²) < 4.78 is 4.86. The third kappa shape index (κ3) is 5.36. The van der Waals surface area contributed by atoms with Gasteiger partial charge in [-0.05, 0) is 17.7 Å². The predicted octanol–water partition coefficient (Wildman–Crippen LogP) is -0.186. The Labute approximate surface area is 114 Å². The normalized spacial score (nSPS) is 11.4. The van der Waals surface area contributed by atoms with E-state index in [1.54, 1.807) is 0 Å².